The normalized spacial score (nSPS) is 53.4. The maximum atomic E-state index is 9.92. The molecule has 2 saturated heterocycles. The lowest BCUT2D eigenvalue weighted by Crippen LogP contribution is -2.53. The molecular formula is C16H26O5. The number of rotatable bonds is 2. The van der Waals surface area contributed by atoms with E-state index in [1.807, 2.05) is 0 Å². The van der Waals surface area contributed by atoms with Crippen LogP contribution in [0.4, 0.5) is 0 Å². The summed E-state index contributed by atoms with van der Waals surface area (Å²) in [6, 6.07) is 0. The molecule has 1 N–H and O–H groups in total. The zero-order valence-electron chi connectivity index (χ0n) is 12.7. The van der Waals surface area contributed by atoms with E-state index in [0.717, 1.165) is 19.6 Å². The number of methoxy groups -OCH3 is 1. The van der Waals surface area contributed by atoms with Crippen LogP contribution in [0, 0.1) is 11.8 Å². The summed E-state index contributed by atoms with van der Waals surface area (Å²) in [5.74, 6) is 0.649. The summed E-state index contributed by atoms with van der Waals surface area (Å²) in [5.41, 5.74) is 0. The van der Waals surface area contributed by atoms with Crippen molar-refractivity contribution in [3.05, 3.63) is 0 Å². The summed E-state index contributed by atoms with van der Waals surface area (Å²) >= 11 is 0. The number of hydrogen-bond donors (Lipinski definition) is 1. The maximum absolute atomic E-state index is 9.92. The molecular weight excluding hydrogens is 272 g/mol. The van der Waals surface area contributed by atoms with E-state index in [1.54, 1.807) is 7.11 Å². The second kappa shape index (κ2) is 5.46. The smallest absolute Gasteiger partial charge is 0.170 e. The van der Waals surface area contributed by atoms with Crippen LogP contribution in [0.3, 0.4) is 0 Å². The van der Waals surface area contributed by atoms with Crippen molar-refractivity contribution in [2.24, 2.45) is 11.8 Å². The minimum absolute atomic E-state index is 0.175. The lowest BCUT2D eigenvalue weighted by Gasteiger charge is -2.47. The molecule has 0 amide bonds. The van der Waals surface area contributed by atoms with Crippen LogP contribution in [0.1, 0.15) is 38.5 Å². The maximum Gasteiger partial charge on any atom is 0.170 e. The number of fused-ring (bicyclic) bond motifs is 1. The molecule has 21 heavy (non-hydrogen) atoms. The van der Waals surface area contributed by atoms with Gasteiger partial charge in [0, 0.05) is 25.9 Å². The highest BCUT2D eigenvalue weighted by Crippen LogP contribution is 2.45. The Hall–Kier alpha value is -0.200. The predicted molar refractivity (Wildman–Crippen MR) is 74.8 cm³/mol. The van der Waals surface area contributed by atoms with E-state index >= 15 is 0 Å². The second-order valence-electron chi connectivity index (χ2n) is 7.16. The number of aliphatic hydroxyl groups excluding tert-OH is 1. The van der Waals surface area contributed by atoms with Crippen molar-refractivity contribution < 1.29 is 24.1 Å². The first-order valence-electron chi connectivity index (χ1n) is 8.33. The summed E-state index contributed by atoms with van der Waals surface area (Å²) in [4.78, 5) is 0. The Balaban J connectivity index is 1.33. The fraction of sp³-hybridized carbons (Fsp3) is 1.00. The lowest BCUT2D eigenvalue weighted by atomic mass is 9.79. The molecule has 4 rings (SSSR count). The van der Waals surface area contributed by atoms with Crippen molar-refractivity contribution in [3.63, 3.8) is 0 Å². The van der Waals surface area contributed by atoms with E-state index < -0.39 is 11.9 Å². The molecule has 5 atom stereocenters. The van der Waals surface area contributed by atoms with Gasteiger partial charge >= 0.3 is 0 Å². The van der Waals surface area contributed by atoms with Gasteiger partial charge in [0.2, 0.25) is 0 Å². The molecule has 0 aromatic heterocycles. The molecule has 2 saturated carbocycles. The first-order chi connectivity index (χ1) is 10.2. The topological polar surface area (TPSA) is 60.5 Å². The summed E-state index contributed by atoms with van der Waals surface area (Å²) in [7, 11) is 1.65. The fourth-order valence-electron chi connectivity index (χ4n) is 4.34. The highest BCUT2D eigenvalue weighted by atomic mass is 16.7. The molecule has 0 aromatic rings. The minimum Gasteiger partial charge on any atom is -0.390 e. The van der Waals surface area contributed by atoms with E-state index in [0.29, 0.717) is 36.9 Å². The van der Waals surface area contributed by atoms with Crippen LogP contribution in [0.25, 0.3) is 0 Å². The average molecular weight is 298 g/mol. The average Bonchev–Trinajstić information content (AvgIpc) is 3.29. The largest absolute Gasteiger partial charge is 0.390 e. The molecule has 2 heterocycles. The minimum atomic E-state index is -0.524. The predicted octanol–water partition coefficient (Wildman–Crippen LogP) is 1.47. The number of hydrogen-bond acceptors (Lipinski definition) is 5. The Morgan fingerprint density at radius 3 is 2.57 bits per heavy atom. The van der Waals surface area contributed by atoms with Gasteiger partial charge in [-0.05, 0) is 31.6 Å². The van der Waals surface area contributed by atoms with E-state index in [1.165, 1.54) is 19.3 Å². The molecule has 0 radical (unpaired) electrons. The Bertz CT molecular complexity index is 379. The highest BCUT2D eigenvalue weighted by Gasteiger charge is 2.49. The van der Waals surface area contributed by atoms with Crippen molar-refractivity contribution in [2.75, 3.05) is 20.3 Å². The summed E-state index contributed by atoms with van der Waals surface area (Å²) in [6.45, 7) is 1.54. The van der Waals surface area contributed by atoms with Gasteiger partial charge in [0.25, 0.3) is 0 Å². The summed E-state index contributed by atoms with van der Waals surface area (Å²) in [5, 5.41) is 9.92. The Labute approximate surface area is 125 Å². The zero-order valence-corrected chi connectivity index (χ0v) is 12.7. The van der Waals surface area contributed by atoms with Crippen molar-refractivity contribution in [3.8, 4) is 0 Å². The van der Waals surface area contributed by atoms with Gasteiger partial charge in [-0.3, -0.25) is 0 Å². The summed E-state index contributed by atoms with van der Waals surface area (Å²) in [6.07, 6.45) is 6.20. The molecule has 0 aromatic carbocycles. The van der Waals surface area contributed by atoms with Gasteiger partial charge in [0.15, 0.2) is 5.79 Å². The van der Waals surface area contributed by atoms with Gasteiger partial charge in [0.1, 0.15) is 0 Å². The molecule has 2 aliphatic carbocycles. The van der Waals surface area contributed by atoms with E-state index in [-0.39, 0.29) is 6.10 Å². The number of ether oxygens (including phenoxy) is 4. The molecule has 4 aliphatic rings. The lowest BCUT2D eigenvalue weighted by molar-refractivity contribution is -0.317. The molecule has 5 heteroatoms. The first kappa shape index (κ1) is 14.4. The third-order valence-electron chi connectivity index (χ3n) is 5.90. The van der Waals surface area contributed by atoms with Crippen LogP contribution in [-0.4, -0.2) is 55.6 Å². The van der Waals surface area contributed by atoms with Gasteiger partial charge < -0.3 is 24.1 Å². The SMILES string of the molecule is COC1CC2(CCC1O)OCC(C1CCC3OC3C1)CO2. The third-order valence-corrected chi connectivity index (χ3v) is 5.90. The Morgan fingerprint density at radius 2 is 1.86 bits per heavy atom. The van der Waals surface area contributed by atoms with E-state index in [2.05, 4.69) is 0 Å². The molecule has 4 fully saturated rings. The van der Waals surface area contributed by atoms with Crippen LogP contribution in [-0.2, 0) is 18.9 Å². The third kappa shape index (κ3) is 2.75. The van der Waals surface area contributed by atoms with Crippen LogP contribution < -0.4 is 0 Å². The van der Waals surface area contributed by atoms with Crippen molar-refractivity contribution in [2.45, 2.75) is 68.7 Å². The molecule has 120 valence electrons. The van der Waals surface area contributed by atoms with Crippen LogP contribution >= 0.6 is 0 Å². The van der Waals surface area contributed by atoms with Crippen molar-refractivity contribution in [1.29, 1.82) is 0 Å². The van der Waals surface area contributed by atoms with Gasteiger partial charge in [-0.25, -0.2) is 0 Å². The zero-order chi connectivity index (χ0) is 14.4. The fourth-order valence-corrected chi connectivity index (χ4v) is 4.34. The highest BCUT2D eigenvalue weighted by molar-refractivity contribution is 4.95. The molecule has 0 bridgehead atoms. The quantitative estimate of drug-likeness (QED) is 0.782. The van der Waals surface area contributed by atoms with Crippen LogP contribution in [0.2, 0.25) is 0 Å². The van der Waals surface area contributed by atoms with E-state index in [9.17, 15) is 5.11 Å². The van der Waals surface area contributed by atoms with Crippen molar-refractivity contribution in [1.82, 2.24) is 0 Å². The Morgan fingerprint density at radius 1 is 1.05 bits per heavy atom. The number of aliphatic hydroxyl groups is 1. The monoisotopic (exact) mass is 298 g/mol. The van der Waals surface area contributed by atoms with Crippen LogP contribution in [0.15, 0.2) is 0 Å². The first-order valence-corrected chi connectivity index (χ1v) is 8.33. The van der Waals surface area contributed by atoms with E-state index in [4.69, 9.17) is 18.9 Å². The molecule has 1 spiro atoms. The molecule has 5 unspecified atom stereocenters. The van der Waals surface area contributed by atoms with Gasteiger partial charge in [-0.15, -0.1) is 0 Å². The standard InChI is InChI=1S/C16H26O5/c1-18-15-7-16(5-4-12(15)17)19-8-11(9-20-16)10-2-3-13-14(6-10)21-13/h10-15,17H,2-9H2,1H3. The van der Waals surface area contributed by atoms with Crippen molar-refractivity contribution >= 4 is 0 Å². The molecule has 5 nitrogen and oxygen atoms in total. The second-order valence-corrected chi connectivity index (χ2v) is 7.16. The number of epoxide rings is 1. The van der Waals surface area contributed by atoms with Gasteiger partial charge in [0.05, 0.1) is 37.6 Å². The van der Waals surface area contributed by atoms with Gasteiger partial charge in [-0.1, -0.05) is 0 Å². The summed E-state index contributed by atoms with van der Waals surface area (Å²) < 4.78 is 23.3. The Kier molecular flexibility index (Phi) is 3.74. The van der Waals surface area contributed by atoms with Crippen LogP contribution in [0.5, 0.6) is 0 Å². The van der Waals surface area contributed by atoms with Gasteiger partial charge in [-0.2, -0.15) is 0 Å². The molecule has 2 aliphatic heterocycles.